The number of rotatable bonds is 6. The van der Waals surface area contributed by atoms with Gasteiger partial charge >= 0.3 is 0 Å². The number of amides is 2. The SMILES string of the molecule is COc1cc(C(=O)NC(C)c2nc3ccc(Cl)cc3[nH]2)ccc1CN1CCNC(=O)C1. The van der Waals surface area contributed by atoms with Gasteiger partial charge in [-0.3, -0.25) is 14.5 Å². The van der Waals surface area contributed by atoms with E-state index in [9.17, 15) is 9.59 Å². The standard InChI is InChI=1S/C22H24ClN5O3/c1-13(21-26-17-6-5-16(23)10-18(17)27-21)25-22(30)14-3-4-15(19(9-14)31-2)11-28-8-7-24-20(29)12-28/h3-6,9-10,13H,7-8,11-12H2,1-2H3,(H,24,29)(H,25,30)(H,26,27). The number of ether oxygens (including phenoxy) is 1. The summed E-state index contributed by atoms with van der Waals surface area (Å²) >= 11 is 6.03. The van der Waals surface area contributed by atoms with Crippen molar-refractivity contribution in [2.24, 2.45) is 0 Å². The van der Waals surface area contributed by atoms with Gasteiger partial charge in [-0.15, -0.1) is 0 Å². The normalized spacial score (nSPS) is 15.5. The molecular formula is C22H24ClN5O3. The molecule has 0 radical (unpaired) electrons. The molecule has 1 aliphatic rings. The van der Waals surface area contributed by atoms with E-state index in [1.165, 1.54) is 0 Å². The maximum absolute atomic E-state index is 12.8. The number of halogens is 1. The Morgan fingerprint density at radius 3 is 2.94 bits per heavy atom. The largest absolute Gasteiger partial charge is 0.496 e. The van der Waals surface area contributed by atoms with E-state index in [4.69, 9.17) is 16.3 Å². The maximum atomic E-state index is 12.8. The maximum Gasteiger partial charge on any atom is 0.251 e. The summed E-state index contributed by atoms with van der Waals surface area (Å²) in [6.45, 7) is 4.21. The summed E-state index contributed by atoms with van der Waals surface area (Å²) in [6.07, 6.45) is 0. The van der Waals surface area contributed by atoms with E-state index in [-0.39, 0.29) is 17.9 Å². The molecule has 2 heterocycles. The molecule has 1 saturated heterocycles. The lowest BCUT2D eigenvalue weighted by molar-refractivity contribution is -0.124. The minimum atomic E-state index is -0.323. The molecule has 1 unspecified atom stereocenters. The van der Waals surface area contributed by atoms with E-state index < -0.39 is 0 Å². The number of piperazine rings is 1. The number of methoxy groups -OCH3 is 1. The van der Waals surface area contributed by atoms with Crippen LogP contribution >= 0.6 is 11.6 Å². The average molecular weight is 442 g/mol. The Labute approximate surface area is 184 Å². The minimum absolute atomic E-state index is 0.0167. The van der Waals surface area contributed by atoms with E-state index >= 15 is 0 Å². The number of aromatic amines is 1. The number of aromatic nitrogens is 2. The van der Waals surface area contributed by atoms with Crippen molar-refractivity contribution in [3.05, 3.63) is 58.4 Å². The van der Waals surface area contributed by atoms with E-state index in [1.54, 1.807) is 31.4 Å². The highest BCUT2D eigenvalue weighted by molar-refractivity contribution is 6.31. The lowest BCUT2D eigenvalue weighted by Gasteiger charge is -2.27. The molecule has 0 spiro atoms. The third-order valence-electron chi connectivity index (χ3n) is 5.28. The molecular weight excluding hydrogens is 418 g/mol. The average Bonchev–Trinajstić information content (AvgIpc) is 3.17. The van der Waals surface area contributed by atoms with Crippen molar-refractivity contribution in [1.82, 2.24) is 25.5 Å². The van der Waals surface area contributed by atoms with Crippen molar-refractivity contribution < 1.29 is 14.3 Å². The molecule has 0 saturated carbocycles. The van der Waals surface area contributed by atoms with Crippen molar-refractivity contribution >= 4 is 34.4 Å². The molecule has 0 bridgehead atoms. The molecule has 9 heteroatoms. The predicted octanol–water partition coefficient (Wildman–Crippen LogP) is 2.65. The third kappa shape index (κ3) is 4.81. The van der Waals surface area contributed by atoms with Gasteiger partial charge in [-0.05, 0) is 37.3 Å². The summed E-state index contributed by atoms with van der Waals surface area (Å²) in [4.78, 5) is 34.2. The van der Waals surface area contributed by atoms with Crippen LogP contribution in [-0.2, 0) is 11.3 Å². The number of carbonyl (C=O) groups excluding carboxylic acids is 2. The van der Waals surface area contributed by atoms with Gasteiger partial charge in [-0.25, -0.2) is 4.98 Å². The Morgan fingerprint density at radius 1 is 1.32 bits per heavy atom. The van der Waals surface area contributed by atoms with Crippen LogP contribution < -0.4 is 15.4 Å². The molecule has 1 aromatic heterocycles. The minimum Gasteiger partial charge on any atom is -0.496 e. The van der Waals surface area contributed by atoms with E-state index in [0.717, 1.165) is 23.1 Å². The lowest BCUT2D eigenvalue weighted by atomic mass is 10.1. The zero-order valence-corrected chi connectivity index (χ0v) is 18.1. The number of fused-ring (bicyclic) bond motifs is 1. The van der Waals surface area contributed by atoms with Gasteiger partial charge in [0.1, 0.15) is 11.6 Å². The van der Waals surface area contributed by atoms with Crippen LogP contribution in [0.4, 0.5) is 0 Å². The van der Waals surface area contributed by atoms with E-state index in [1.807, 2.05) is 24.0 Å². The number of carbonyl (C=O) groups is 2. The van der Waals surface area contributed by atoms with Crippen LogP contribution in [0.3, 0.4) is 0 Å². The van der Waals surface area contributed by atoms with E-state index in [0.29, 0.717) is 41.8 Å². The summed E-state index contributed by atoms with van der Waals surface area (Å²) in [5, 5.41) is 6.40. The second kappa shape index (κ2) is 8.95. The van der Waals surface area contributed by atoms with Gasteiger partial charge in [0.05, 0.1) is 30.7 Å². The molecule has 1 atom stereocenters. The molecule has 4 rings (SSSR count). The number of benzene rings is 2. The molecule has 31 heavy (non-hydrogen) atoms. The summed E-state index contributed by atoms with van der Waals surface area (Å²) in [5.74, 6) is 1.05. The van der Waals surface area contributed by atoms with Crippen molar-refractivity contribution in [3.63, 3.8) is 0 Å². The van der Waals surface area contributed by atoms with Gasteiger partial charge in [0.15, 0.2) is 0 Å². The van der Waals surface area contributed by atoms with Gasteiger partial charge in [0.2, 0.25) is 5.91 Å². The molecule has 3 aromatic rings. The second-order valence-electron chi connectivity index (χ2n) is 7.57. The number of nitrogens with zero attached hydrogens (tertiary/aromatic N) is 2. The number of imidazole rings is 1. The summed E-state index contributed by atoms with van der Waals surface area (Å²) in [7, 11) is 1.57. The molecule has 162 valence electrons. The summed E-state index contributed by atoms with van der Waals surface area (Å²) in [6, 6.07) is 10.5. The zero-order valence-electron chi connectivity index (χ0n) is 17.4. The van der Waals surface area contributed by atoms with E-state index in [2.05, 4.69) is 20.6 Å². The highest BCUT2D eigenvalue weighted by Crippen LogP contribution is 2.24. The monoisotopic (exact) mass is 441 g/mol. The second-order valence-corrected chi connectivity index (χ2v) is 8.00. The molecule has 2 aromatic carbocycles. The quantitative estimate of drug-likeness (QED) is 0.546. The smallest absolute Gasteiger partial charge is 0.251 e. The number of hydrogen-bond donors (Lipinski definition) is 3. The number of H-pyrrole nitrogens is 1. The molecule has 2 amide bonds. The molecule has 1 aliphatic heterocycles. The van der Waals surface area contributed by atoms with Crippen LogP contribution in [0.5, 0.6) is 5.75 Å². The zero-order chi connectivity index (χ0) is 22.0. The molecule has 8 nitrogen and oxygen atoms in total. The first-order valence-corrected chi connectivity index (χ1v) is 10.4. The first kappa shape index (κ1) is 21.1. The fourth-order valence-electron chi connectivity index (χ4n) is 3.64. The first-order chi connectivity index (χ1) is 14.9. The first-order valence-electron chi connectivity index (χ1n) is 10.0. The Kier molecular flexibility index (Phi) is 6.11. The van der Waals surface area contributed by atoms with Crippen LogP contribution in [0.15, 0.2) is 36.4 Å². The topological polar surface area (TPSA) is 99.3 Å². The van der Waals surface area contributed by atoms with Gasteiger partial charge in [-0.2, -0.15) is 0 Å². The fraction of sp³-hybridized carbons (Fsp3) is 0.318. The van der Waals surface area contributed by atoms with Crippen LogP contribution in [0, 0.1) is 0 Å². The van der Waals surface area contributed by atoms with Crippen LogP contribution in [-0.4, -0.2) is 53.4 Å². The Bertz CT molecular complexity index is 1130. The van der Waals surface area contributed by atoms with Gasteiger partial charge in [-0.1, -0.05) is 17.7 Å². The Morgan fingerprint density at radius 2 is 2.16 bits per heavy atom. The molecule has 0 aliphatic carbocycles. The summed E-state index contributed by atoms with van der Waals surface area (Å²) < 4.78 is 5.51. The lowest BCUT2D eigenvalue weighted by Crippen LogP contribution is -2.47. The highest BCUT2D eigenvalue weighted by atomic mass is 35.5. The van der Waals surface area contributed by atoms with Crippen LogP contribution in [0.25, 0.3) is 11.0 Å². The summed E-state index contributed by atoms with van der Waals surface area (Å²) in [5.41, 5.74) is 3.03. The van der Waals surface area contributed by atoms with Crippen molar-refractivity contribution in [3.8, 4) is 5.75 Å². The van der Waals surface area contributed by atoms with Crippen molar-refractivity contribution in [1.29, 1.82) is 0 Å². The Balaban J connectivity index is 1.46. The fourth-order valence-corrected chi connectivity index (χ4v) is 3.81. The Hall–Kier alpha value is -3.10. The number of hydrogen-bond acceptors (Lipinski definition) is 5. The number of nitrogens with one attached hydrogen (secondary N) is 3. The van der Waals surface area contributed by atoms with Crippen LogP contribution in [0.1, 0.15) is 34.7 Å². The molecule has 3 N–H and O–H groups in total. The van der Waals surface area contributed by atoms with Crippen molar-refractivity contribution in [2.75, 3.05) is 26.7 Å². The van der Waals surface area contributed by atoms with Crippen molar-refractivity contribution in [2.45, 2.75) is 19.5 Å². The third-order valence-corrected chi connectivity index (χ3v) is 5.52. The van der Waals surface area contributed by atoms with Gasteiger partial charge in [0.25, 0.3) is 5.91 Å². The van der Waals surface area contributed by atoms with Gasteiger partial charge < -0.3 is 20.4 Å². The van der Waals surface area contributed by atoms with Crippen LogP contribution in [0.2, 0.25) is 5.02 Å². The molecule has 1 fully saturated rings. The van der Waals surface area contributed by atoms with Gasteiger partial charge in [0, 0.05) is 35.8 Å². The highest BCUT2D eigenvalue weighted by Gasteiger charge is 2.20. The predicted molar refractivity (Wildman–Crippen MR) is 118 cm³/mol.